The molecule has 2 N–H and O–H groups in total. The van der Waals surface area contributed by atoms with Crippen LogP contribution in [0.3, 0.4) is 0 Å². The molecular weight excluding hydrogens is 282 g/mol. The Morgan fingerprint density at radius 2 is 1.96 bits per heavy atom. The Kier molecular flexibility index (Phi) is 4.12. The molecule has 0 aliphatic heterocycles. The largest absolute Gasteiger partial charge is 0.369 e. The van der Waals surface area contributed by atoms with E-state index in [2.05, 4.69) is 57.2 Å². The van der Waals surface area contributed by atoms with Crippen LogP contribution in [0.2, 0.25) is 0 Å². The van der Waals surface area contributed by atoms with Gasteiger partial charge in [0, 0.05) is 5.41 Å². The average Bonchev–Trinajstić information content (AvgIpc) is 2.51. The molecule has 2 heteroatoms. The molecule has 0 aromatic heterocycles. The third-order valence-corrected chi connectivity index (χ3v) is 6.22. The number of benzene rings is 1. The highest BCUT2D eigenvalue weighted by molar-refractivity contribution is 5.81. The van der Waals surface area contributed by atoms with Crippen LogP contribution in [0.5, 0.6) is 0 Å². The minimum atomic E-state index is -0.397. The monoisotopic (exact) mass is 311 g/mol. The summed E-state index contributed by atoms with van der Waals surface area (Å²) >= 11 is 0. The highest BCUT2D eigenvalue weighted by Gasteiger charge is 2.53. The summed E-state index contributed by atoms with van der Waals surface area (Å²) in [7, 11) is 0. The van der Waals surface area contributed by atoms with Crippen molar-refractivity contribution in [3.8, 4) is 0 Å². The quantitative estimate of drug-likeness (QED) is 0.815. The van der Waals surface area contributed by atoms with Crippen molar-refractivity contribution >= 4 is 5.91 Å². The van der Waals surface area contributed by atoms with E-state index in [1.165, 1.54) is 5.56 Å². The van der Waals surface area contributed by atoms with Gasteiger partial charge in [-0.3, -0.25) is 4.79 Å². The Labute approximate surface area is 140 Å². The van der Waals surface area contributed by atoms with Gasteiger partial charge in [-0.2, -0.15) is 0 Å². The summed E-state index contributed by atoms with van der Waals surface area (Å²) in [6.45, 7) is 6.64. The summed E-state index contributed by atoms with van der Waals surface area (Å²) < 4.78 is 0. The molecular formula is C21H29NO. The predicted molar refractivity (Wildman–Crippen MR) is 94.9 cm³/mol. The van der Waals surface area contributed by atoms with Crippen molar-refractivity contribution in [2.75, 3.05) is 0 Å². The molecule has 3 rings (SSSR count). The minimum Gasteiger partial charge on any atom is -0.369 e. The molecule has 0 heterocycles. The maximum atomic E-state index is 12.2. The number of carbonyl (C=O) groups excluding carboxylic acids is 1. The molecule has 4 atom stereocenters. The number of nitrogens with two attached hydrogens (primary N) is 1. The van der Waals surface area contributed by atoms with Crippen LogP contribution in [0, 0.1) is 17.3 Å². The number of rotatable bonds is 3. The normalized spacial score (nSPS) is 38.5. The molecule has 0 saturated heterocycles. The van der Waals surface area contributed by atoms with Gasteiger partial charge in [-0.25, -0.2) is 0 Å². The highest BCUT2D eigenvalue weighted by atomic mass is 16.1. The topological polar surface area (TPSA) is 43.1 Å². The van der Waals surface area contributed by atoms with Gasteiger partial charge in [-0.15, -0.1) is 0 Å². The van der Waals surface area contributed by atoms with Gasteiger partial charge in [-0.05, 0) is 54.9 Å². The summed E-state index contributed by atoms with van der Waals surface area (Å²) in [5.41, 5.74) is 8.49. The van der Waals surface area contributed by atoms with Crippen molar-refractivity contribution in [2.24, 2.45) is 23.0 Å². The molecule has 0 spiro atoms. The van der Waals surface area contributed by atoms with E-state index < -0.39 is 5.41 Å². The molecule has 2 bridgehead atoms. The predicted octanol–water partition coefficient (Wildman–Crippen LogP) is 4.59. The van der Waals surface area contributed by atoms with E-state index in [0.717, 1.165) is 32.1 Å². The molecule has 1 aromatic rings. The summed E-state index contributed by atoms with van der Waals surface area (Å²) in [4.78, 5) is 12.2. The van der Waals surface area contributed by atoms with Crippen molar-refractivity contribution in [1.29, 1.82) is 0 Å². The van der Waals surface area contributed by atoms with E-state index in [1.807, 2.05) is 0 Å². The Bertz CT molecular complexity index is 616. The summed E-state index contributed by atoms with van der Waals surface area (Å²) in [6, 6.07) is 10.8. The second-order valence-corrected chi connectivity index (χ2v) is 8.07. The Morgan fingerprint density at radius 3 is 2.57 bits per heavy atom. The van der Waals surface area contributed by atoms with E-state index >= 15 is 0 Å². The summed E-state index contributed by atoms with van der Waals surface area (Å²) in [5.74, 6) is 0.949. The number of hydrogen-bond donors (Lipinski definition) is 1. The molecule has 124 valence electrons. The molecule has 2 nitrogen and oxygen atoms in total. The Hall–Kier alpha value is -1.57. The van der Waals surface area contributed by atoms with E-state index in [9.17, 15) is 4.79 Å². The fraction of sp³-hybridized carbons (Fsp3) is 0.571. The third-order valence-electron chi connectivity index (χ3n) is 6.22. The van der Waals surface area contributed by atoms with Gasteiger partial charge in [0.15, 0.2) is 0 Å². The van der Waals surface area contributed by atoms with E-state index in [1.54, 1.807) is 5.57 Å². The second kappa shape index (κ2) is 5.81. The van der Waals surface area contributed by atoms with Crippen LogP contribution in [0.25, 0.3) is 0 Å². The Balaban J connectivity index is 2.08. The Morgan fingerprint density at radius 1 is 1.26 bits per heavy atom. The maximum Gasteiger partial charge on any atom is 0.223 e. The van der Waals surface area contributed by atoms with Crippen LogP contribution in [-0.4, -0.2) is 5.91 Å². The van der Waals surface area contributed by atoms with Crippen LogP contribution in [0.4, 0.5) is 0 Å². The smallest absolute Gasteiger partial charge is 0.223 e. The maximum absolute atomic E-state index is 12.2. The zero-order chi connectivity index (χ0) is 16.7. The number of carbonyl (C=O) groups is 1. The molecule has 2 saturated carbocycles. The van der Waals surface area contributed by atoms with E-state index in [-0.39, 0.29) is 11.3 Å². The second-order valence-electron chi connectivity index (χ2n) is 8.07. The van der Waals surface area contributed by atoms with Crippen LogP contribution in [-0.2, 0) is 10.2 Å². The lowest BCUT2D eigenvalue weighted by Gasteiger charge is -2.55. The molecule has 2 fully saturated rings. The first-order valence-electron chi connectivity index (χ1n) is 8.95. The molecule has 23 heavy (non-hydrogen) atoms. The van der Waals surface area contributed by atoms with Crippen LogP contribution < -0.4 is 5.73 Å². The first-order valence-corrected chi connectivity index (χ1v) is 8.95. The van der Waals surface area contributed by atoms with Crippen LogP contribution in [0.1, 0.15) is 58.4 Å². The molecule has 1 aromatic carbocycles. The lowest BCUT2D eigenvalue weighted by molar-refractivity contribution is -0.131. The lowest BCUT2D eigenvalue weighted by Crippen LogP contribution is -2.51. The van der Waals surface area contributed by atoms with Crippen LogP contribution in [0.15, 0.2) is 42.0 Å². The van der Waals surface area contributed by atoms with Gasteiger partial charge in [0.05, 0.1) is 0 Å². The zero-order valence-corrected chi connectivity index (χ0v) is 14.6. The molecule has 4 unspecified atom stereocenters. The fourth-order valence-corrected chi connectivity index (χ4v) is 5.40. The van der Waals surface area contributed by atoms with Crippen LogP contribution >= 0.6 is 0 Å². The van der Waals surface area contributed by atoms with Crippen molar-refractivity contribution in [2.45, 2.75) is 58.3 Å². The van der Waals surface area contributed by atoms with Crippen molar-refractivity contribution in [3.05, 3.63) is 47.5 Å². The van der Waals surface area contributed by atoms with E-state index in [4.69, 9.17) is 5.73 Å². The van der Waals surface area contributed by atoms with E-state index in [0.29, 0.717) is 11.8 Å². The molecule has 1 amide bonds. The standard InChI is InChI=1S/C21H29NO/c1-4-8-18-15(2)11-21(17-9-6-5-7-10-17)13-16(18)12-20(3,14-21)19(22)23/h5-10,15-16H,4,11-14H2,1-3H3,(H2,22,23)/b18-8+. The highest BCUT2D eigenvalue weighted by Crippen LogP contribution is 2.59. The summed E-state index contributed by atoms with van der Waals surface area (Å²) in [6.07, 6.45) is 7.56. The minimum absolute atomic E-state index is 0.0957. The first kappa shape index (κ1) is 16.3. The van der Waals surface area contributed by atoms with Gasteiger partial charge in [0.2, 0.25) is 5.91 Å². The SMILES string of the molecule is CC/C=C1\C(C)CC2(c3ccccc3)CC1CC(C)(C(N)=O)C2. The fourth-order valence-electron chi connectivity index (χ4n) is 5.40. The van der Waals surface area contributed by atoms with Gasteiger partial charge in [-0.1, -0.05) is 62.8 Å². The number of hydrogen-bond acceptors (Lipinski definition) is 1. The average molecular weight is 311 g/mol. The zero-order valence-electron chi connectivity index (χ0n) is 14.6. The lowest BCUT2D eigenvalue weighted by atomic mass is 9.49. The van der Waals surface area contributed by atoms with Gasteiger partial charge in [0.1, 0.15) is 0 Å². The van der Waals surface area contributed by atoms with Gasteiger partial charge < -0.3 is 5.73 Å². The molecule has 2 aliphatic carbocycles. The molecule has 2 aliphatic rings. The van der Waals surface area contributed by atoms with Crippen molar-refractivity contribution < 1.29 is 4.79 Å². The number of allylic oxidation sites excluding steroid dienone is 2. The van der Waals surface area contributed by atoms with Gasteiger partial charge >= 0.3 is 0 Å². The third kappa shape index (κ3) is 2.73. The first-order chi connectivity index (χ1) is 10.9. The number of amides is 1. The van der Waals surface area contributed by atoms with Crippen molar-refractivity contribution in [1.82, 2.24) is 0 Å². The number of fused-ring (bicyclic) bond motifs is 2. The molecule has 0 radical (unpaired) electrons. The summed E-state index contributed by atoms with van der Waals surface area (Å²) in [5, 5.41) is 0. The number of primary amides is 1. The van der Waals surface area contributed by atoms with Gasteiger partial charge in [0.25, 0.3) is 0 Å². The van der Waals surface area contributed by atoms with Crippen molar-refractivity contribution in [3.63, 3.8) is 0 Å².